The van der Waals surface area contributed by atoms with Crippen molar-refractivity contribution in [2.75, 3.05) is 7.05 Å². The Morgan fingerprint density at radius 3 is 2.87 bits per heavy atom. The SMILES string of the molecule is CN(Cc1nc2ccsc2c(=O)[nH]1)Cc1nnnn1C(C)(C)C. The number of H-pyrrole nitrogens is 1. The molecule has 3 heterocycles. The summed E-state index contributed by atoms with van der Waals surface area (Å²) < 4.78 is 2.47. The van der Waals surface area contributed by atoms with Gasteiger partial charge in [-0.3, -0.25) is 9.69 Å². The van der Waals surface area contributed by atoms with Gasteiger partial charge in [-0.2, -0.15) is 0 Å². The van der Waals surface area contributed by atoms with Crippen LogP contribution < -0.4 is 5.56 Å². The van der Waals surface area contributed by atoms with E-state index in [9.17, 15) is 4.79 Å². The number of rotatable bonds is 4. The fraction of sp³-hybridized carbons (Fsp3) is 0.500. The van der Waals surface area contributed by atoms with E-state index in [1.165, 1.54) is 11.3 Å². The van der Waals surface area contributed by atoms with Crippen LogP contribution in [0.4, 0.5) is 0 Å². The Labute approximate surface area is 137 Å². The molecule has 0 radical (unpaired) electrons. The zero-order valence-electron chi connectivity index (χ0n) is 13.6. The van der Waals surface area contributed by atoms with Crippen LogP contribution in [-0.2, 0) is 18.6 Å². The van der Waals surface area contributed by atoms with E-state index >= 15 is 0 Å². The van der Waals surface area contributed by atoms with Crippen LogP contribution in [0.15, 0.2) is 16.2 Å². The molecule has 0 spiro atoms. The Balaban J connectivity index is 1.78. The van der Waals surface area contributed by atoms with Crippen molar-refractivity contribution < 1.29 is 0 Å². The number of thiophene rings is 1. The van der Waals surface area contributed by atoms with E-state index in [-0.39, 0.29) is 11.1 Å². The predicted octanol–water partition coefficient (Wildman–Crippen LogP) is 1.36. The molecule has 9 heteroatoms. The van der Waals surface area contributed by atoms with E-state index in [0.717, 1.165) is 11.3 Å². The molecule has 0 unspecified atom stereocenters. The van der Waals surface area contributed by atoms with E-state index in [2.05, 4.69) is 46.3 Å². The molecule has 3 aromatic heterocycles. The number of aromatic nitrogens is 6. The maximum atomic E-state index is 12.0. The van der Waals surface area contributed by atoms with Gasteiger partial charge >= 0.3 is 0 Å². The summed E-state index contributed by atoms with van der Waals surface area (Å²) in [6.07, 6.45) is 0. The number of tetrazole rings is 1. The van der Waals surface area contributed by atoms with Crippen molar-refractivity contribution in [1.82, 2.24) is 35.1 Å². The van der Waals surface area contributed by atoms with Crippen molar-refractivity contribution in [3.63, 3.8) is 0 Å². The van der Waals surface area contributed by atoms with Crippen LogP contribution in [-0.4, -0.2) is 42.1 Å². The molecule has 8 nitrogen and oxygen atoms in total. The number of hydrogen-bond donors (Lipinski definition) is 1. The second kappa shape index (κ2) is 5.82. The van der Waals surface area contributed by atoms with Gasteiger partial charge in [-0.15, -0.1) is 16.4 Å². The van der Waals surface area contributed by atoms with Crippen LogP contribution in [0, 0.1) is 0 Å². The zero-order chi connectivity index (χ0) is 16.6. The van der Waals surface area contributed by atoms with Gasteiger partial charge in [-0.05, 0) is 49.7 Å². The van der Waals surface area contributed by atoms with Crippen molar-refractivity contribution in [1.29, 1.82) is 0 Å². The lowest BCUT2D eigenvalue weighted by molar-refractivity contribution is 0.269. The fourth-order valence-corrected chi connectivity index (χ4v) is 3.10. The molecule has 23 heavy (non-hydrogen) atoms. The van der Waals surface area contributed by atoms with Gasteiger partial charge in [-0.25, -0.2) is 9.67 Å². The Morgan fingerprint density at radius 1 is 1.35 bits per heavy atom. The Morgan fingerprint density at radius 2 is 2.13 bits per heavy atom. The third-order valence-electron chi connectivity index (χ3n) is 3.36. The van der Waals surface area contributed by atoms with Crippen LogP contribution >= 0.6 is 11.3 Å². The number of nitrogens with zero attached hydrogens (tertiary/aromatic N) is 6. The van der Waals surface area contributed by atoms with Crippen molar-refractivity contribution in [3.05, 3.63) is 33.4 Å². The summed E-state index contributed by atoms with van der Waals surface area (Å²) in [7, 11) is 1.94. The first-order chi connectivity index (χ1) is 10.8. The maximum Gasteiger partial charge on any atom is 0.268 e. The average Bonchev–Trinajstić information content (AvgIpc) is 3.06. The molecule has 0 aliphatic heterocycles. The standard InChI is InChI=1S/C14H19N7OS/c1-14(2,3)21-11(17-18-19-21)8-20(4)7-10-15-9-5-6-23-12(9)13(22)16-10/h5-6H,7-8H2,1-4H3,(H,15,16,22). The van der Waals surface area contributed by atoms with Crippen molar-refractivity contribution >= 4 is 21.6 Å². The number of fused-ring (bicyclic) bond motifs is 1. The highest BCUT2D eigenvalue weighted by atomic mass is 32.1. The largest absolute Gasteiger partial charge is 0.308 e. The summed E-state index contributed by atoms with van der Waals surface area (Å²) in [5.74, 6) is 1.41. The molecule has 3 aromatic rings. The number of hydrogen-bond acceptors (Lipinski definition) is 7. The normalized spacial score (nSPS) is 12.4. The molecule has 0 aliphatic carbocycles. The highest BCUT2D eigenvalue weighted by Gasteiger charge is 2.20. The van der Waals surface area contributed by atoms with Gasteiger partial charge in [0.05, 0.1) is 24.1 Å². The lowest BCUT2D eigenvalue weighted by Crippen LogP contribution is -2.29. The summed E-state index contributed by atoms with van der Waals surface area (Å²) in [6.45, 7) is 7.23. The number of nitrogens with one attached hydrogen (secondary N) is 1. The van der Waals surface area contributed by atoms with Crippen LogP contribution in [0.3, 0.4) is 0 Å². The minimum absolute atomic E-state index is 0.0899. The molecule has 0 saturated heterocycles. The van der Waals surface area contributed by atoms with E-state index in [0.29, 0.717) is 23.6 Å². The van der Waals surface area contributed by atoms with Gasteiger partial charge in [0.15, 0.2) is 5.82 Å². The van der Waals surface area contributed by atoms with Crippen molar-refractivity contribution in [2.24, 2.45) is 0 Å². The van der Waals surface area contributed by atoms with Crippen LogP contribution in [0.1, 0.15) is 32.4 Å². The second-order valence-corrected chi connectivity index (χ2v) is 7.41. The Hall–Kier alpha value is -2.13. The van der Waals surface area contributed by atoms with E-state index in [4.69, 9.17) is 0 Å². The molecule has 0 bridgehead atoms. The summed E-state index contributed by atoms with van der Waals surface area (Å²) >= 11 is 1.40. The molecule has 0 aliphatic rings. The number of aromatic amines is 1. The molecule has 3 rings (SSSR count). The molecule has 0 fully saturated rings. The fourth-order valence-electron chi connectivity index (χ4n) is 2.38. The Bertz CT molecular complexity index is 873. The van der Waals surface area contributed by atoms with E-state index < -0.39 is 0 Å². The summed E-state index contributed by atoms with van der Waals surface area (Å²) in [5.41, 5.74) is 0.469. The van der Waals surface area contributed by atoms with E-state index in [1.807, 2.05) is 28.1 Å². The molecular formula is C14H19N7OS. The average molecular weight is 333 g/mol. The minimum atomic E-state index is -0.179. The maximum absolute atomic E-state index is 12.0. The van der Waals surface area contributed by atoms with Gasteiger partial charge in [0.2, 0.25) is 0 Å². The quantitative estimate of drug-likeness (QED) is 0.775. The zero-order valence-corrected chi connectivity index (χ0v) is 14.4. The van der Waals surface area contributed by atoms with Gasteiger partial charge in [-0.1, -0.05) is 0 Å². The van der Waals surface area contributed by atoms with Gasteiger partial charge in [0.1, 0.15) is 10.5 Å². The monoisotopic (exact) mass is 333 g/mol. The molecule has 0 saturated carbocycles. The predicted molar refractivity (Wildman–Crippen MR) is 88.2 cm³/mol. The molecule has 1 N–H and O–H groups in total. The van der Waals surface area contributed by atoms with E-state index in [1.54, 1.807) is 0 Å². The highest BCUT2D eigenvalue weighted by molar-refractivity contribution is 7.17. The van der Waals surface area contributed by atoms with Crippen molar-refractivity contribution in [2.45, 2.75) is 39.4 Å². The highest BCUT2D eigenvalue weighted by Crippen LogP contribution is 2.16. The first-order valence-electron chi connectivity index (χ1n) is 7.27. The Kier molecular flexibility index (Phi) is 3.99. The topological polar surface area (TPSA) is 92.6 Å². The third kappa shape index (κ3) is 3.30. The summed E-state index contributed by atoms with van der Waals surface area (Å²) in [4.78, 5) is 21.3. The van der Waals surface area contributed by atoms with Gasteiger partial charge in [0, 0.05) is 0 Å². The molecule has 0 amide bonds. The second-order valence-electron chi connectivity index (χ2n) is 6.50. The lowest BCUT2D eigenvalue weighted by Gasteiger charge is -2.22. The van der Waals surface area contributed by atoms with Crippen LogP contribution in [0.2, 0.25) is 0 Å². The van der Waals surface area contributed by atoms with Crippen molar-refractivity contribution in [3.8, 4) is 0 Å². The molecular weight excluding hydrogens is 314 g/mol. The molecule has 122 valence electrons. The van der Waals surface area contributed by atoms with Crippen LogP contribution in [0.25, 0.3) is 10.2 Å². The third-order valence-corrected chi connectivity index (χ3v) is 4.27. The minimum Gasteiger partial charge on any atom is -0.308 e. The lowest BCUT2D eigenvalue weighted by atomic mass is 10.1. The molecule has 0 aromatic carbocycles. The first kappa shape index (κ1) is 15.8. The summed E-state index contributed by atoms with van der Waals surface area (Å²) in [5, 5.41) is 13.8. The molecule has 0 atom stereocenters. The summed E-state index contributed by atoms with van der Waals surface area (Å²) in [6, 6.07) is 1.86. The smallest absolute Gasteiger partial charge is 0.268 e. The van der Waals surface area contributed by atoms with Crippen LogP contribution in [0.5, 0.6) is 0 Å². The van der Waals surface area contributed by atoms with Gasteiger partial charge in [0.25, 0.3) is 5.56 Å². The van der Waals surface area contributed by atoms with Gasteiger partial charge < -0.3 is 4.98 Å². The first-order valence-corrected chi connectivity index (χ1v) is 8.15.